The van der Waals surface area contributed by atoms with Crippen LogP contribution in [0.2, 0.25) is 0 Å². The zero-order valence-corrected chi connectivity index (χ0v) is 21.5. The number of hydrogen-bond acceptors (Lipinski definition) is 8. The van der Waals surface area contributed by atoms with Gasteiger partial charge in [-0.15, -0.1) is 11.3 Å². The predicted molar refractivity (Wildman–Crippen MR) is 132 cm³/mol. The maximum Gasteiger partial charge on any atom is 0.348 e. The third-order valence-corrected chi connectivity index (χ3v) is 9.40. The smallest absolute Gasteiger partial charge is 0.348 e. The molecule has 0 saturated carbocycles. The molecule has 178 valence electrons. The van der Waals surface area contributed by atoms with Gasteiger partial charge in [-0.3, -0.25) is 10.1 Å². The molecule has 0 aliphatic carbocycles. The number of nitrogens with one attached hydrogen (secondary N) is 1. The van der Waals surface area contributed by atoms with Crippen LogP contribution in [0.25, 0.3) is 9.53 Å². The Hall–Kier alpha value is -2.34. The molecular weight excluding hydrogens is 482 g/mol. The molecule has 11 heteroatoms. The summed E-state index contributed by atoms with van der Waals surface area (Å²) in [4.78, 5) is 30.5. The number of anilines is 1. The molecule has 0 unspecified atom stereocenters. The number of ether oxygens (including phenoxy) is 1. The molecule has 8 nitrogen and oxygen atoms in total. The van der Waals surface area contributed by atoms with Crippen LogP contribution in [0.15, 0.2) is 29.2 Å². The van der Waals surface area contributed by atoms with E-state index in [-0.39, 0.29) is 16.8 Å². The molecule has 0 atom stereocenters. The average Bonchev–Trinajstić information content (AvgIpc) is 3.32. The standard InChI is InChI=1S/C22H27N3O5S3/c1-5-8-13-25(6-2)33(28,29)16-11-9-15(10-12-16)19(26)23-22-24-20-17(32-22)14(4)18(31-20)21(27)30-7-3/h9-12H,5-8,13H2,1-4H3,(H,23,24,26). The Labute approximate surface area is 201 Å². The Morgan fingerprint density at radius 2 is 1.82 bits per heavy atom. The number of amides is 1. The monoisotopic (exact) mass is 509 g/mol. The first kappa shape index (κ1) is 25.3. The first-order valence-corrected chi connectivity index (χ1v) is 13.8. The fourth-order valence-electron chi connectivity index (χ4n) is 3.21. The van der Waals surface area contributed by atoms with Crippen molar-refractivity contribution in [3.05, 3.63) is 40.3 Å². The zero-order valence-electron chi connectivity index (χ0n) is 19.0. The molecule has 0 fully saturated rings. The molecule has 2 aromatic heterocycles. The van der Waals surface area contributed by atoms with Gasteiger partial charge in [0.25, 0.3) is 5.91 Å². The van der Waals surface area contributed by atoms with Gasteiger partial charge in [-0.2, -0.15) is 4.31 Å². The van der Waals surface area contributed by atoms with Crippen LogP contribution in [0.3, 0.4) is 0 Å². The molecule has 0 bridgehead atoms. The van der Waals surface area contributed by atoms with Crippen molar-refractivity contribution in [3.63, 3.8) is 0 Å². The minimum Gasteiger partial charge on any atom is -0.462 e. The number of aryl methyl sites for hydroxylation is 1. The van der Waals surface area contributed by atoms with Gasteiger partial charge in [-0.25, -0.2) is 18.2 Å². The third-order valence-electron chi connectivity index (χ3n) is 5.03. The van der Waals surface area contributed by atoms with E-state index in [2.05, 4.69) is 10.3 Å². The molecule has 33 heavy (non-hydrogen) atoms. The van der Waals surface area contributed by atoms with Gasteiger partial charge < -0.3 is 4.74 Å². The van der Waals surface area contributed by atoms with Crippen LogP contribution >= 0.6 is 22.7 Å². The molecule has 1 N–H and O–H groups in total. The van der Waals surface area contributed by atoms with E-state index in [1.807, 2.05) is 20.8 Å². The Bertz CT molecular complexity index is 1250. The minimum atomic E-state index is -3.60. The summed E-state index contributed by atoms with van der Waals surface area (Å²) in [5.41, 5.74) is 1.11. The van der Waals surface area contributed by atoms with Gasteiger partial charge in [0, 0.05) is 18.7 Å². The van der Waals surface area contributed by atoms with Crippen LogP contribution in [-0.4, -0.2) is 49.3 Å². The number of benzene rings is 1. The summed E-state index contributed by atoms with van der Waals surface area (Å²) in [5, 5.41) is 3.16. The molecule has 0 aliphatic rings. The van der Waals surface area contributed by atoms with Gasteiger partial charge in [0.1, 0.15) is 9.71 Å². The van der Waals surface area contributed by atoms with Crippen molar-refractivity contribution in [2.45, 2.75) is 45.4 Å². The molecule has 0 saturated heterocycles. The van der Waals surface area contributed by atoms with E-state index in [9.17, 15) is 18.0 Å². The second kappa shape index (κ2) is 10.7. The maximum atomic E-state index is 12.8. The topological polar surface area (TPSA) is 106 Å². The number of unbranched alkanes of at least 4 members (excludes halogenated alkanes) is 1. The summed E-state index contributed by atoms with van der Waals surface area (Å²) in [5.74, 6) is -0.760. The van der Waals surface area contributed by atoms with Gasteiger partial charge in [-0.05, 0) is 50.1 Å². The highest BCUT2D eigenvalue weighted by molar-refractivity contribution is 7.89. The van der Waals surface area contributed by atoms with Crippen molar-refractivity contribution in [1.29, 1.82) is 0 Å². The molecule has 0 aliphatic heterocycles. The molecule has 0 spiro atoms. The number of nitrogens with zero attached hydrogens (tertiary/aromatic N) is 2. The number of esters is 1. The third kappa shape index (κ3) is 5.43. The molecule has 2 heterocycles. The van der Waals surface area contributed by atoms with E-state index in [4.69, 9.17) is 4.74 Å². The van der Waals surface area contributed by atoms with Crippen molar-refractivity contribution in [1.82, 2.24) is 9.29 Å². The number of sulfonamides is 1. The number of thiophene rings is 1. The summed E-state index contributed by atoms with van der Waals surface area (Å²) in [6, 6.07) is 5.90. The van der Waals surface area contributed by atoms with Crippen LogP contribution in [0.4, 0.5) is 5.13 Å². The molecular formula is C22H27N3O5S3. The fourth-order valence-corrected chi connectivity index (χ4v) is 6.91. The first-order chi connectivity index (χ1) is 15.7. The SMILES string of the molecule is CCCCN(CC)S(=O)(=O)c1ccc(C(=O)Nc2nc3sc(C(=O)OCC)c(C)c3s2)cc1. The molecule has 1 aromatic carbocycles. The fraction of sp³-hybridized carbons (Fsp3) is 0.409. The van der Waals surface area contributed by atoms with E-state index < -0.39 is 10.0 Å². The summed E-state index contributed by atoms with van der Waals surface area (Å²) < 4.78 is 33.0. The van der Waals surface area contributed by atoms with Crippen LogP contribution in [0.1, 0.15) is 59.2 Å². The van der Waals surface area contributed by atoms with Crippen molar-refractivity contribution in [2.75, 3.05) is 25.0 Å². The molecule has 1 amide bonds. The van der Waals surface area contributed by atoms with E-state index >= 15 is 0 Å². The van der Waals surface area contributed by atoms with Crippen LogP contribution < -0.4 is 5.32 Å². The lowest BCUT2D eigenvalue weighted by Crippen LogP contribution is -2.31. The number of rotatable bonds is 10. The molecule has 3 rings (SSSR count). The Morgan fingerprint density at radius 1 is 1.12 bits per heavy atom. The Balaban J connectivity index is 1.74. The quantitative estimate of drug-likeness (QED) is 0.390. The van der Waals surface area contributed by atoms with Crippen molar-refractivity contribution in [3.8, 4) is 0 Å². The Kier molecular flexibility index (Phi) is 8.22. The zero-order chi connectivity index (χ0) is 24.2. The van der Waals surface area contributed by atoms with Crippen LogP contribution in [0.5, 0.6) is 0 Å². The number of aromatic nitrogens is 1. The number of fused-ring (bicyclic) bond motifs is 1. The number of thiazole rings is 1. The molecule has 3 aromatic rings. The second-order valence-electron chi connectivity index (χ2n) is 7.26. The van der Waals surface area contributed by atoms with E-state index in [1.165, 1.54) is 51.2 Å². The maximum absolute atomic E-state index is 12.8. The van der Waals surface area contributed by atoms with E-state index in [1.54, 1.807) is 6.92 Å². The lowest BCUT2D eigenvalue weighted by atomic mass is 10.2. The second-order valence-corrected chi connectivity index (χ2v) is 11.2. The highest BCUT2D eigenvalue weighted by Gasteiger charge is 2.23. The van der Waals surface area contributed by atoms with Crippen molar-refractivity contribution >= 4 is 59.2 Å². The lowest BCUT2D eigenvalue weighted by Gasteiger charge is -2.20. The normalized spacial score (nSPS) is 11.8. The van der Waals surface area contributed by atoms with Crippen LogP contribution in [0, 0.1) is 6.92 Å². The number of carbonyl (C=O) groups is 2. The lowest BCUT2D eigenvalue weighted by molar-refractivity contribution is 0.0531. The van der Waals surface area contributed by atoms with Gasteiger partial charge in [0.2, 0.25) is 10.0 Å². The number of hydrogen-bond donors (Lipinski definition) is 1. The van der Waals surface area contributed by atoms with Crippen molar-refractivity contribution in [2.24, 2.45) is 0 Å². The van der Waals surface area contributed by atoms with Crippen LogP contribution in [-0.2, 0) is 14.8 Å². The number of carbonyl (C=O) groups excluding carboxylic acids is 2. The van der Waals surface area contributed by atoms with Gasteiger partial charge >= 0.3 is 5.97 Å². The van der Waals surface area contributed by atoms with Gasteiger partial charge in [-0.1, -0.05) is 31.6 Å². The largest absolute Gasteiger partial charge is 0.462 e. The van der Waals surface area contributed by atoms with Crippen molar-refractivity contribution < 1.29 is 22.7 Å². The summed E-state index contributed by atoms with van der Waals surface area (Å²) >= 11 is 2.51. The minimum absolute atomic E-state index is 0.161. The highest BCUT2D eigenvalue weighted by atomic mass is 32.2. The Morgan fingerprint density at radius 3 is 2.39 bits per heavy atom. The first-order valence-electron chi connectivity index (χ1n) is 10.7. The van der Waals surface area contributed by atoms with Gasteiger partial charge in [0.15, 0.2) is 5.13 Å². The van der Waals surface area contributed by atoms with Gasteiger partial charge in [0.05, 0.1) is 16.2 Å². The summed E-state index contributed by atoms with van der Waals surface area (Å²) in [6.07, 6.45) is 1.70. The molecule has 0 radical (unpaired) electrons. The summed E-state index contributed by atoms with van der Waals surface area (Å²) in [6.45, 7) is 8.57. The highest BCUT2D eigenvalue weighted by Crippen LogP contribution is 2.37. The summed E-state index contributed by atoms with van der Waals surface area (Å²) in [7, 11) is -3.60. The van der Waals surface area contributed by atoms with E-state index in [0.717, 1.165) is 23.1 Å². The average molecular weight is 510 g/mol. The predicted octanol–water partition coefficient (Wildman–Crippen LogP) is 4.91. The van der Waals surface area contributed by atoms with E-state index in [0.29, 0.717) is 40.1 Å².